The smallest absolute Gasteiger partial charge is 0.139 e. The highest BCUT2D eigenvalue weighted by Crippen LogP contribution is 2.36. The Bertz CT molecular complexity index is 1220. The summed E-state index contributed by atoms with van der Waals surface area (Å²) in [6, 6.07) is 23.7. The molecular formula is C26H26ClN5O. The van der Waals surface area contributed by atoms with E-state index < -0.39 is 0 Å². The van der Waals surface area contributed by atoms with Crippen LogP contribution in [0.1, 0.15) is 11.1 Å². The average Bonchev–Trinajstić information content (AvgIpc) is 2.96. The standard InChI is InChI=1S/C26H26ClN5O/c1-32(30-25(33)17-19-7-3-2-4-8-19)15-13-31(14-16-32)26-21-9-5-6-10-22(21)28-23-12-11-20(27)18-24(23)29-26/h2-12,18H,13-17H2,1H3,(H-,28,29,30,33). The first-order chi connectivity index (χ1) is 16.0. The van der Waals surface area contributed by atoms with Crippen molar-refractivity contribution >= 4 is 40.4 Å². The summed E-state index contributed by atoms with van der Waals surface area (Å²) in [5.74, 6) is 0.836. The quantitative estimate of drug-likeness (QED) is 0.363. The van der Waals surface area contributed by atoms with Gasteiger partial charge in [-0.05, 0) is 35.9 Å². The average molecular weight is 460 g/mol. The molecule has 0 radical (unpaired) electrons. The van der Waals surface area contributed by atoms with Gasteiger partial charge < -0.3 is 15.3 Å². The number of hydrogen-bond acceptors (Lipinski definition) is 5. The summed E-state index contributed by atoms with van der Waals surface area (Å²) >= 11 is 6.26. The Labute approximate surface area is 199 Å². The molecule has 0 bridgehead atoms. The number of fused-ring (bicyclic) bond motifs is 2. The summed E-state index contributed by atoms with van der Waals surface area (Å²) in [7, 11) is 2.03. The van der Waals surface area contributed by atoms with Gasteiger partial charge in [-0.15, -0.1) is 5.10 Å². The van der Waals surface area contributed by atoms with E-state index in [2.05, 4.69) is 27.5 Å². The van der Waals surface area contributed by atoms with E-state index in [0.717, 1.165) is 60.2 Å². The summed E-state index contributed by atoms with van der Waals surface area (Å²) in [5.41, 5.74) is 4.81. The molecule has 0 saturated carbocycles. The van der Waals surface area contributed by atoms with E-state index in [1.807, 2.05) is 67.7 Å². The van der Waals surface area contributed by atoms with Crippen LogP contribution < -0.4 is 10.4 Å². The Hall–Kier alpha value is -3.35. The van der Waals surface area contributed by atoms with Crippen molar-refractivity contribution in [2.45, 2.75) is 6.42 Å². The van der Waals surface area contributed by atoms with Crippen molar-refractivity contribution < 1.29 is 9.70 Å². The molecule has 2 aliphatic heterocycles. The van der Waals surface area contributed by atoms with Crippen LogP contribution in [-0.4, -0.2) is 54.5 Å². The zero-order valence-electron chi connectivity index (χ0n) is 18.5. The maximum atomic E-state index is 12.6. The second-order valence-corrected chi connectivity index (χ2v) is 9.13. The van der Waals surface area contributed by atoms with Gasteiger partial charge in [-0.2, -0.15) is 4.59 Å². The summed E-state index contributed by atoms with van der Waals surface area (Å²) in [5, 5.41) is 21.3. The zero-order valence-corrected chi connectivity index (χ0v) is 19.3. The number of quaternary nitrogens is 1. The Balaban J connectivity index is 1.38. The molecule has 5 rings (SSSR count). The Morgan fingerprint density at radius 2 is 1.76 bits per heavy atom. The number of halogens is 1. The molecule has 168 valence electrons. The maximum absolute atomic E-state index is 12.6. The summed E-state index contributed by atoms with van der Waals surface area (Å²) in [4.78, 5) is 7.31. The fraction of sp³-hybridized carbons (Fsp3) is 0.231. The van der Waals surface area contributed by atoms with E-state index in [-0.39, 0.29) is 5.90 Å². The van der Waals surface area contributed by atoms with Crippen molar-refractivity contribution in [2.24, 2.45) is 10.1 Å². The van der Waals surface area contributed by atoms with Crippen LogP contribution in [0.3, 0.4) is 0 Å². The molecule has 0 aromatic heterocycles. The number of rotatable bonds is 3. The summed E-state index contributed by atoms with van der Waals surface area (Å²) < 4.78 is 0.387. The van der Waals surface area contributed by atoms with Gasteiger partial charge in [-0.1, -0.05) is 54.1 Å². The van der Waals surface area contributed by atoms with Gasteiger partial charge in [0.25, 0.3) is 0 Å². The SMILES string of the molecule is C[N+]1(/N=C(\[O-])Cc2ccccc2)CCN(C2=Nc3cc(Cl)ccc3Nc3ccccc32)CC1. The molecule has 0 atom stereocenters. The van der Waals surface area contributed by atoms with Gasteiger partial charge in [0.05, 0.1) is 31.5 Å². The molecule has 2 heterocycles. The van der Waals surface area contributed by atoms with E-state index in [9.17, 15) is 5.11 Å². The number of piperazine rings is 1. The molecule has 7 heteroatoms. The van der Waals surface area contributed by atoms with Gasteiger partial charge >= 0.3 is 0 Å². The van der Waals surface area contributed by atoms with Crippen LogP contribution in [0.15, 0.2) is 82.9 Å². The Morgan fingerprint density at radius 3 is 2.55 bits per heavy atom. The number of likely N-dealkylation sites (N-methyl/N-ethyl adjacent to an activating group) is 1. The minimum atomic E-state index is -0.0814. The zero-order chi connectivity index (χ0) is 22.8. The van der Waals surface area contributed by atoms with E-state index in [1.165, 1.54) is 0 Å². The molecule has 0 aliphatic carbocycles. The third-order valence-electron chi connectivity index (χ3n) is 6.18. The van der Waals surface area contributed by atoms with Gasteiger partial charge in [0, 0.05) is 28.6 Å². The van der Waals surface area contributed by atoms with Crippen molar-refractivity contribution in [1.29, 1.82) is 0 Å². The minimum Gasteiger partial charge on any atom is -0.858 e. The molecule has 3 aromatic carbocycles. The number of anilines is 2. The molecule has 1 fully saturated rings. The fourth-order valence-corrected chi connectivity index (χ4v) is 4.50. The first-order valence-electron chi connectivity index (χ1n) is 11.1. The lowest BCUT2D eigenvalue weighted by molar-refractivity contribution is -0.920. The molecule has 1 saturated heterocycles. The van der Waals surface area contributed by atoms with Gasteiger partial charge in [-0.25, -0.2) is 4.99 Å². The van der Waals surface area contributed by atoms with Crippen molar-refractivity contribution in [1.82, 2.24) is 4.90 Å². The lowest BCUT2D eigenvalue weighted by Crippen LogP contribution is -2.56. The Kier molecular flexibility index (Phi) is 5.79. The highest BCUT2D eigenvalue weighted by molar-refractivity contribution is 6.31. The van der Waals surface area contributed by atoms with Crippen molar-refractivity contribution in [3.8, 4) is 0 Å². The van der Waals surface area contributed by atoms with Crippen LogP contribution >= 0.6 is 11.6 Å². The summed E-state index contributed by atoms with van der Waals surface area (Å²) in [6.07, 6.45) is 0.335. The Morgan fingerprint density at radius 1 is 1.03 bits per heavy atom. The van der Waals surface area contributed by atoms with E-state index >= 15 is 0 Å². The number of benzene rings is 3. The number of nitrogens with zero attached hydrogens (tertiary/aromatic N) is 4. The monoisotopic (exact) mass is 459 g/mol. The highest BCUT2D eigenvalue weighted by Gasteiger charge is 2.32. The number of aliphatic imine (C=N–C) groups is 1. The number of para-hydroxylation sites is 1. The molecule has 0 amide bonds. The van der Waals surface area contributed by atoms with E-state index in [0.29, 0.717) is 16.0 Å². The first kappa shape index (κ1) is 21.5. The normalized spacial score (nSPS) is 17.3. The van der Waals surface area contributed by atoms with Crippen LogP contribution in [0.4, 0.5) is 17.1 Å². The molecule has 1 N–H and O–H groups in total. The minimum absolute atomic E-state index is 0.0814. The van der Waals surface area contributed by atoms with Crippen LogP contribution in [0.2, 0.25) is 5.02 Å². The lowest BCUT2D eigenvalue weighted by atomic mass is 10.1. The topological polar surface area (TPSA) is 63.1 Å². The molecule has 0 spiro atoms. The van der Waals surface area contributed by atoms with Gasteiger partial charge in [-0.3, -0.25) is 0 Å². The first-order valence-corrected chi connectivity index (χ1v) is 11.5. The van der Waals surface area contributed by atoms with Gasteiger partial charge in [0.2, 0.25) is 0 Å². The fourth-order valence-electron chi connectivity index (χ4n) is 4.33. The highest BCUT2D eigenvalue weighted by atomic mass is 35.5. The second-order valence-electron chi connectivity index (χ2n) is 8.70. The summed E-state index contributed by atoms with van der Waals surface area (Å²) in [6.45, 7) is 2.97. The number of hydrogen-bond donors (Lipinski definition) is 1. The van der Waals surface area contributed by atoms with E-state index in [4.69, 9.17) is 16.6 Å². The number of amidine groups is 1. The van der Waals surface area contributed by atoms with Gasteiger partial charge in [0.1, 0.15) is 18.9 Å². The second kappa shape index (κ2) is 8.89. The predicted octanol–water partition coefficient (Wildman–Crippen LogP) is 4.15. The molecular weight excluding hydrogens is 434 g/mol. The largest absolute Gasteiger partial charge is 0.858 e. The third-order valence-corrected chi connectivity index (χ3v) is 6.41. The maximum Gasteiger partial charge on any atom is 0.139 e. The molecule has 6 nitrogen and oxygen atoms in total. The van der Waals surface area contributed by atoms with Crippen LogP contribution in [0.5, 0.6) is 0 Å². The van der Waals surface area contributed by atoms with E-state index in [1.54, 1.807) is 0 Å². The molecule has 33 heavy (non-hydrogen) atoms. The van der Waals surface area contributed by atoms with Crippen molar-refractivity contribution in [3.63, 3.8) is 0 Å². The molecule has 2 aliphatic rings. The van der Waals surface area contributed by atoms with Crippen LogP contribution in [-0.2, 0) is 6.42 Å². The number of nitrogens with one attached hydrogen (secondary N) is 1. The van der Waals surface area contributed by atoms with Crippen LogP contribution in [0, 0.1) is 0 Å². The lowest BCUT2D eigenvalue weighted by Gasteiger charge is -2.39. The van der Waals surface area contributed by atoms with Crippen molar-refractivity contribution in [2.75, 3.05) is 38.5 Å². The predicted molar refractivity (Wildman–Crippen MR) is 132 cm³/mol. The van der Waals surface area contributed by atoms with Gasteiger partial charge in [0.15, 0.2) is 0 Å². The molecule has 3 aromatic rings. The van der Waals surface area contributed by atoms with Crippen molar-refractivity contribution in [3.05, 3.63) is 88.9 Å². The third kappa shape index (κ3) is 4.72. The molecule has 0 unspecified atom stereocenters. The van der Waals surface area contributed by atoms with Crippen LogP contribution in [0.25, 0.3) is 0 Å².